The number of hydrogen-bond donors (Lipinski definition) is 2. The normalized spacial score (nSPS) is 14.1. The first-order valence-electron chi connectivity index (χ1n) is 9.22. The molecule has 0 bridgehead atoms. The van der Waals surface area contributed by atoms with Gasteiger partial charge in [-0.3, -0.25) is 10.1 Å². The number of nitrogens with zero attached hydrogens (tertiary/aromatic N) is 1. The third-order valence-electron chi connectivity index (χ3n) is 4.52. The number of piperidine rings is 1. The first-order valence-corrected chi connectivity index (χ1v) is 10.8. The van der Waals surface area contributed by atoms with Crippen LogP contribution in [0.15, 0.2) is 42.5 Å². The van der Waals surface area contributed by atoms with Crippen molar-refractivity contribution < 1.29 is 4.79 Å². The van der Waals surface area contributed by atoms with E-state index in [9.17, 15) is 4.79 Å². The van der Waals surface area contributed by atoms with Crippen LogP contribution in [0.3, 0.4) is 0 Å². The Hall–Kier alpha value is -1.79. The van der Waals surface area contributed by atoms with Crippen LogP contribution in [0.2, 0.25) is 15.1 Å². The Kier molecular flexibility index (Phi) is 7.78. The van der Waals surface area contributed by atoms with Crippen molar-refractivity contribution in [2.45, 2.75) is 19.3 Å². The van der Waals surface area contributed by atoms with Gasteiger partial charge in [0.25, 0.3) is 0 Å². The quantitative estimate of drug-likeness (QED) is 0.416. The molecule has 0 aromatic heterocycles. The molecular weight excluding hydrogens is 449 g/mol. The summed E-state index contributed by atoms with van der Waals surface area (Å²) in [4.78, 5) is 14.5. The van der Waals surface area contributed by atoms with E-state index >= 15 is 0 Å². The van der Waals surface area contributed by atoms with E-state index in [1.165, 1.54) is 12.5 Å². The lowest BCUT2D eigenvalue weighted by molar-refractivity contribution is -0.115. The van der Waals surface area contributed by atoms with Crippen molar-refractivity contribution in [1.29, 1.82) is 0 Å². The fourth-order valence-electron chi connectivity index (χ4n) is 3.16. The SMILES string of the molecule is O=C(C=Cc1ccc(Cl)cc1Cl)NC(=S)Nc1cccc(Cl)c1N1CCCCC1. The van der Waals surface area contributed by atoms with Gasteiger partial charge in [-0.2, -0.15) is 0 Å². The molecule has 3 rings (SSSR count). The standard InChI is InChI=1S/C21H20Cl3N3OS/c22-15-9-7-14(17(24)13-15)8-10-19(28)26-21(29)25-18-6-4-5-16(23)20(18)27-11-2-1-3-12-27/h4-10,13H,1-3,11-12H2,(H2,25,26,28,29). The highest BCUT2D eigenvalue weighted by atomic mass is 35.5. The molecule has 1 fully saturated rings. The van der Waals surface area contributed by atoms with Gasteiger partial charge in [0.2, 0.25) is 5.91 Å². The van der Waals surface area contributed by atoms with Crippen LogP contribution in [0.25, 0.3) is 6.08 Å². The number of benzene rings is 2. The summed E-state index contributed by atoms with van der Waals surface area (Å²) in [7, 11) is 0. The van der Waals surface area contributed by atoms with Crippen molar-refractivity contribution in [1.82, 2.24) is 5.32 Å². The van der Waals surface area contributed by atoms with Crippen LogP contribution in [0.4, 0.5) is 11.4 Å². The molecular formula is C21H20Cl3N3OS. The van der Waals surface area contributed by atoms with Crippen molar-refractivity contribution in [2.75, 3.05) is 23.3 Å². The fraction of sp³-hybridized carbons (Fsp3) is 0.238. The summed E-state index contributed by atoms with van der Waals surface area (Å²) in [6.07, 6.45) is 6.46. The summed E-state index contributed by atoms with van der Waals surface area (Å²) in [6, 6.07) is 10.7. The van der Waals surface area contributed by atoms with E-state index in [1.807, 2.05) is 18.2 Å². The van der Waals surface area contributed by atoms with Crippen molar-refractivity contribution >= 4 is 75.5 Å². The van der Waals surface area contributed by atoms with Gasteiger partial charge in [0.15, 0.2) is 5.11 Å². The van der Waals surface area contributed by atoms with E-state index in [0.717, 1.165) is 37.3 Å². The molecule has 2 N–H and O–H groups in total. The zero-order valence-electron chi connectivity index (χ0n) is 15.6. The maximum atomic E-state index is 12.2. The lowest BCUT2D eigenvalue weighted by atomic mass is 10.1. The van der Waals surface area contributed by atoms with E-state index in [1.54, 1.807) is 24.3 Å². The first-order chi connectivity index (χ1) is 13.9. The molecule has 0 atom stereocenters. The number of halogens is 3. The molecule has 2 aromatic rings. The zero-order chi connectivity index (χ0) is 20.8. The summed E-state index contributed by atoms with van der Waals surface area (Å²) < 4.78 is 0. The number of para-hydroxylation sites is 1. The molecule has 4 nitrogen and oxygen atoms in total. The monoisotopic (exact) mass is 467 g/mol. The van der Waals surface area contributed by atoms with Crippen molar-refractivity contribution in [2.24, 2.45) is 0 Å². The first kappa shape index (κ1) is 21.9. The molecule has 0 radical (unpaired) electrons. The van der Waals surface area contributed by atoms with Gasteiger partial charge >= 0.3 is 0 Å². The highest BCUT2D eigenvalue weighted by Crippen LogP contribution is 2.35. The van der Waals surface area contributed by atoms with Gasteiger partial charge in [-0.25, -0.2) is 0 Å². The van der Waals surface area contributed by atoms with Gasteiger partial charge in [0, 0.05) is 29.2 Å². The second-order valence-electron chi connectivity index (χ2n) is 6.63. The van der Waals surface area contributed by atoms with Crippen molar-refractivity contribution in [3.63, 3.8) is 0 Å². The minimum atomic E-state index is -0.366. The number of nitrogens with one attached hydrogen (secondary N) is 2. The third kappa shape index (κ3) is 6.09. The molecule has 8 heteroatoms. The number of rotatable bonds is 4. The van der Waals surface area contributed by atoms with Crippen LogP contribution in [0, 0.1) is 0 Å². The lowest BCUT2D eigenvalue weighted by Gasteiger charge is -2.31. The highest BCUT2D eigenvalue weighted by Gasteiger charge is 2.18. The Bertz CT molecular complexity index is 943. The minimum Gasteiger partial charge on any atom is -0.369 e. The van der Waals surface area contributed by atoms with Crippen molar-refractivity contribution in [3.05, 3.63) is 63.1 Å². The largest absolute Gasteiger partial charge is 0.369 e. The fourth-order valence-corrected chi connectivity index (χ4v) is 4.14. The molecule has 0 unspecified atom stereocenters. The second kappa shape index (κ2) is 10.3. The number of thiocarbonyl (C=S) groups is 1. The number of carbonyl (C=O) groups is 1. The average molecular weight is 469 g/mol. The van der Waals surface area contributed by atoms with Crippen LogP contribution >= 0.6 is 47.0 Å². The maximum absolute atomic E-state index is 12.2. The molecule has 1 aliphatic heterocycles. The van der Waals surface area contributed by atoms with Crippen LogP contribution in [0.1, 0.15) is 24.8 Å². The van der Waals surface area contributed by atoms with E-state index < -0.39 is 0 Å². The number of amides is 1. The van der Waals surface area contributed by atoms with Crippen LogP contribution in [-0.2, 0) is 4.79 Å². The average Bonchev–Trinajstić information content (AvgIpc) is 2.68. The van der Waals surface area contributed by atoms with Gasteiger partial charge in [-0.15, -0.1) is 0 Å². The Morgan fingerprint density at radius 1 is 1.03 bits per heavy atom. The van der Waals surface area contributed by atoms with Crippen molar-refractivity contribution in [3.8, 4) is 0 Å². The van der Waals surface area contributed by atoms with E-state index in [4.69, 9.17) is 47.0 Å². The van der Waals surface area contributed by atoms with Gasteiger partial charge in [-0.1, -0.05) is 46.9 Å². The van der Waals surface area contributed by atoms with Gasteiger partial charge < -0.3 is 10.2 Å². The summed E-state index contributed by atoms with van der Waals surface area (Å²) in [5.74, 6) is -0.366. The Balaban J connectivity index is 1.65. The molecule has 1 heterocycles. The van der Waals surface area contributed by atoms with E-state index in [-0.39, 0.29) is 11.0 Å². The summed E-state index contributed by atoms with van der Waals surface area (Å²) in [5, 5.41) is 7.59. The smallest absolute Gasteiger partial charge is 0.250 e. The van der Waals surface area contributed by atoms with E-state index in [0.29, 0.717) is 20.6 Å². The Morgan fingerprint density at radius 3 is 2.52 bits per heavy atom. The summed E-state index contributed by atoms with van der Waals surface area (Å²) in [6.45, 7) is 1.89. The molecule has 1 aliphatic rings. The number of carbonyl (C=O) groups excluding carboxylic acids is 1. The van der Waals surface area contributed by atoms with Crippen LogP contribution < -0.4 is 15.5 Å². The van der Waals surface area contributed by atoms with E-state index in [2.05, 4.69) is 15.5 Å². The molecule has 2 aromatic carbocycles. The molecule has 0 saturated carbocycles. The molecule has 0 spiro atoms. The Morgan fingerprint density at radius 2 is 1.79 bits per heavy atom. The topological polar surface area (TPSA) is 44.4 Å². The predicted octanol–water partition coefficient (Wildman–Crippen LogP) is 6.16. The number of hydrogen-bond acceptors (Lipinski definition) is 3. The highest BCUT2D eigenvalue weighted by molar-refractivity contribution is 7.80. The number of anilines is 2. The molecule has 1 saturated heterocycles. The maximum Gasteiger partial charge on any atom is 0.250 e. The minimum absolute atomic E-state index is 0.197. The Labute approximate surface area is 190 Å². The van der Waals surface area contributed by atoms with Gasteiger partial charge in [-0.05, 0) is 67.4 Å². The molecule has 0 aliphatic carbocycles. The van der Waals surface area contributed by atoms with Gasteiger partial charge in [0.1, 0.15) is 0 Å². The van der Waals surface area contributed by atoms with Crippen LogP contribution in [0.5, 0.6) is 0 Å². The third-order valence-corrected chi connectivity index (χ3v) is 5.59. The zero-order valence-corrected chi connectivity index (χ0v) is 18.6. The van der Waals surface area contributed by atoms with Crippen LogP contribution in [-0.4, -0.2) is 24.1 Å². The molecule has 1 amide bonds. The van der Waals surface area contributed by atoms with Gasteiger partial charge in [0.05, 0.1) is 16.4 Å². The second-order valence-corrected chi connectivity index (χ2v) is 8.29. The molecule has 29 heavy (non-hydrogen) atoms. The lowest BCUT2D eigenvalue weighted by Crippen LogP contribution is -2.34. The summed E-state index contributed by atoms with van der Waals surface area (Å²) >= 11 is 23.7. The predicted molar refractivity (Wildman–Crippen MR) is 127 cm³/mol. The summed E-state index contributed by atoms with van der Waals surface area (Å²) in [5.41, 5.74) is 2.37. The molecule has 152 valence electrons.